The lowest BCUT2D eigenvalue weighted by atomic mass is 9.71. The summed E-state index contributed by atoms with van der Waals surface area (Å²) in [6.45, 7) is 6.66. The van der Waals surface area contributed by atoms with E-state index in [0.29, 0.717) is 33.2 Å². The molecule has 3 saturated heterocycles. The van der Waals surface area contributed by atoms with E-state index in [2.05, 4.69) is 22.6 Å². The normalized spacial score (nSPS) is 26.6. The van der Waals surface area contributed by atoms with Crippen LogP contribution < -0.4 is 9.84 Å². The van der Waals surface area contributed by atoms with E-state index in [4.69, 9.17) is 27.9 Å². The summed E-state index contributed by atoms with van der Waals surface area (Å²) in [7, 11) is 1.64. The molecule has 5 heterocycles. The molecule has 2 bridgehead atoms. The van der Waals surface area contributed by atoms with Crippen molar-refractivity contribution in [3.63, 3.8) is 0 Å². The molecule has 3 aliphatic heterocycles. The highest BCUT2D eigenvalue weighted by Crippen LogP contribution is 2.47. The van der Waals surface area contributed by atoms with Crippen molar-refractivity contribution >= 4 is 46.5 Å². The average molecular weight is 521 g/mol. The van der Waals surface area contributed by atoms with Crippen LogP contribution in [0.25, 0.3) is 10.9 Å². The summed E-state index contributed by atoms with van der Waals surface area (Å²) in [6, 6.07) is 11.3. The number of hydrogen-bond donors (Lipinski definition) is 0. The van der Waals surface area contributed by atoms with Gasteiger partial charge >= 0.3 is 0 Å². The molecule has 3 fully saturated rings. The maximum Gasteiger partial charge on any atom is 0.131 e. The highest BCUT2D eigenvalue weighted by Gasteiger charge is 2.51. The molecule has 180 valence electrons. The first kappa shape index (κ1) is 25.2. The molecule has 0 radical (unpaired) electrons. The Bertz CT molecular complexity index is 1190. The Morgan fingerprint density at radius 1 is 1.24 bits per heavy atom. The molecule has 3 aliphatic rings. The molecule has 4 unspecified atom stereocenters. The van der Waals surface area contributed by atoms with Gasteiger partial charge in [0, 0.05) is 35.9 Å². The van der Waals surface area contributed by atoms with Crippen molar-refractivity contribution < 1.29 is 14.3 Å². The van der Waals surface area contributed by atoms with Gasteiger partial charge in [-0.2, -0.15) is 0 Å². The van der Waals surface area contributed by atoms with Gasteiger partial charge < -0.3 is 14.3 Å². The van der Waals surface area contributed by atoms with Crippen molar-refractivity contribution in [2.75, 3.05) is 20.2 Å². The van der Waals surface area contributed by atoms with E-state index < -0.39 is 6.10 Å². The molecule has 5 nitrogen and oxygen atoms in total. The van der Waals surface area contributed by atoms with Crippen LogP contribution in [0.15, 0.2) is 55.3 Å². The standard InChI is InChI=1S/C26H27Cl2N3O2.ClH/c1-3-17-15-31(14-16-10-24(27)30-25(28)11-16)9-7-18(17)12-23(31)26(32)20-6-8-29-22-5-4-19(33-2)13-21(20)22;/h3-6,8,10-11,13,17-18,23,26H,1,7,9,12,14-15H2,2H3;1H/t17?,18?,23?,26-,31?;/m1./s1. The summed E-state index contributed by atoms with van der Waals surface area (Å²) in [5.41, 5.74) is 2.62. The van der Waals surface area contributed by atoms with E-state index in [1.165, 1.54) is 0 Å². The number of piperidine rings is 3. The molecule has 0 saturated carbocycles. The van der Waals surface area contributed by atoms with Gasteiger partial charge in [-0.05, 0) is 54.0 Å². The van der Waals surface area contributed by atoms with Crippen molar-refractivity contribution in [2.45, 2.75) is 31.5 Å². The molecule has 1 aromatic carbocycles. The minimum absolute atomic E-state index is 0. The van der Waals surface area contributed by atoms with Crippen LogP contribution in [0.4, 0.5) is 0 Å². The zero-order chi connectivity index (χ0) is 23.2. The van der Waals surface area contributed by atoms with Crippen molar-refractivity contribution in [2.24, 2.45) is 11.8 Å². The third-order valence-electron chi connectivity index (χ3n) is 7.63. The maximum absolute atomic E-state index is 14.2. The van der Waals surface area contributed by atoms with Gasteiger partial charge in [0.25, 0.3) is 0 Å². The van der Waals surface area contributed by atoms with Crippen LogP contribution in [0.2, 0.25) is 10.3 Å². The van der Waals surface area contributed by atoms with Gasteiger partial charge in [-0.3, -0.25) is 4.98 Å². The van der Waals surface area contributed by atoms with E-state index in [1.807, 2.05) is 36.4 Å². The molecule has 0 N–H and O–H groups in total. The van der Waals surface area contributed by atoms with Crippen LogP contribution in [-0.2, 0) is 6.54 Å². The number of pyridine rings is 2. The fourth-order valence-corrected chi connectivity index (χ4v) is 6.57. The molecular formula is C26H28Cl3N3O2. The first-order valence-electron chi connectivity index (χ1n) is 11.3. The van der Waals surface area contributed by atoms with Crippen LogP contribution in [-0.4, -0.2) is 40.7 Å². The Hall–Kier alpha value is -1.89. The zero-order valence-electron chi connectivity index (χ0n) is 19.0. The third-order valence-corrected chi connectivity index (χ3v) is 8.02. The van der Waals surface area contributed by atoms with Crippen molar-refractivity contribution in [3.05, 3.63) is 76.7 Å². The molecule has 3 aromatic rings. The number of ether oxygens (including phenoxy) is 1. The highest BCUT2D eigenvalue weighted by molar-refractivity contribution is 6.32. The first-order valence-corrected chi connectivity index (χ1v) is 12.1. The van der Waals surface area contributed by atoms with Crippen LogP contribution in [0.3, 0.4) is 0 Å². The fourth-order valence-electron chi connectivity index (χ4n) is 6.06. The molecule has 0 amide bonds. The second kappa shape index (κ2) is 10.00. The van der Waals surface area contributed by atoms with Gasteiger partial charge in [0.2, 0.25) is 0 Å². The van der Waals surface area contributed by atoms with E-state index >= 15 is 0 Å². The quantitative estimate of drug-likeness (QED) is 0.249. The van der Waals surface area contributed by atoms with Crippen molar-refractivity contribution in [3.8, 4) is 5.75 Å². The summed E-state index contributed by atoms with van der Waals surface area (Å²) in [4.78, 5) is 8.57. The number of hydrogen-bond acceptors (Lipinski definition) is 4. The summed E-state index contributed by atoms with van der Waals surface area (Å²) in [5.74, 6) is 1.63. The van der Waals surface area contributed by atoms with Gasteiger partial charge in [-0.1, -0.05) is 29.3 Å². The number of halogens is 3. The Labute approximate surface area is 216 Å². The molecule has 2 aromatic heterocycles. The lowest BCUT2D eigenvalue weighted by molar-refractivity contribution is -0.990. The monoisotopic (exact) mass is 519 g/mol. The number of aromatic nitrogens is 2. The maximum atomic E-state index is 14.2. The average Bonchev–Trinajstić information content (AvgIpc) is 2.82. The van der Waals surface area contributed by atoms with Gasteiger partial charge in [-0.25, -0.2) is 4.98 Å². The molecular weight excluding hydrogens is 493 g/mol. The molecule has 5 atom stereocenters. The second-order valence-corrected chi connectivity index (χ2v) is 10.1. The SMILES string of the molecule is C=CC1C[N+]2(Cc3cc(Cl)nc(Cl)c3)CCC1CC2[C@H]([O-])c1ccnc2ccc(OC)cc12.Cl. The Kier molecular flexibility index (Phi) is 7.41. The van der Waals surface area contributed by atoms with Crippen LogP contribution in [0.5, 0.6) is 5.75 Å². The van der Waals surface area contributed by atoms with Crippen molar-refractivity contribution in [1.82, 2.24) is 9.97 Å². The summed E-state index contributed by atoms with van der Waals surface area (Å²) >= 11 is 12.4. The number of methoxy groups -OCH3 is 1. The minimum atomic E-state index is -0.885. The third kappa shape index (κ3) is 4.52. The Balaban J connectivity index is 0.00000274. The summed E-state index contributed by atoms with van der Waals surface area (Å²) in [6.07, 6.45) is 4.91. The number of benzene rings is 1. The number of quaternary nitrogens is 1. The Morgan fingerprint density at radius 3 is 2.71 bits per heavy atom. The van der Waals surface area contributed by atoms with Gasteiger partial charge in [-0.15, -0.1) is 19.0 Å². The lowest BCUT2D eigenvalue weighted by Gasteiger charge is -2.60. The number of nitrogens with zero attached hydrogens (tertiary/aromatic N) is 3. The van der Waals surface area contributed by atoms with Gasteiger partial charge in [0.1, 0.15) is 22.6 Å². The Morgan fingerprint density at radius 2 is 2.00 bits per heavy atom. The summed E-state index contributed by atoms with van der Waals surface area (Å²) < 4.78 is 6.14. The predicted octanol–water partition coefficient (Wildman–Crippen LogP) is 5.38. The largest absolute Gasteiger partial charge is 0.844 e. The van der Waals surface area contributed by atoms with E-state index in [0.717, 1.165) is 53.7 Å². The van der Waals surface area contributed by atoms with Crippen LogP contribution in [0.1, 0.15) is 30.1 Å². The number of rotatable bonds is 6. The highest BCUT2D eigenvalue weighted by atomic mass is 35.5. The zero-order valence-corrected chi connectivity index (χ0v) is 21.3. The van der Waals surface area contributed by atoms with Gasteiger partial charge in [0.05, 0.1) is 31.8 Å². The molecule has 34 heavy (non-hydrogen) atoms. The minimum Gasteiger partial charge on any atom is -0.844 e. The molecule has 0 aliphatic carbocycles. The molecule has 6 rings (SSSR count). The molecule has 0 spiro atoms. The van der Waals surface area contributed by atoms with Crippen LogP contribution in [0, 0.1) is 11.8 Å². The van der Waals surface area contributed by atoms with Gasteiger partial charge in [0.15, 0.2) is 0 Å². The first-order chi connectivity index (χ1) is 15.9. The summed E-state index contributed by atoms with van der Waals surface area (Å²) in [5, 5.41) is 15.9. The number of fused-ring (bicyclic) bond motifs is 4. The molecule has 8 heteroatoms. The van der Waals surface area contributed by atoms with E-state index in [9.17, 15) is 5.11 Å². The van der Waals surface area contributed by atoms with E-state index in [-0.39, 0.29) is 18.4 Å². The lowest BCUT2D eigenvalue weighted by Crippen LogP contribution is -2.68. The van der Waals surface area contributed by atoms with E-state index in [1.54, 1.807) is 13.3 Å². The topological polar surface area (TPSA) is 58.1 Å². The second-order valence-electron chi connectivity index (χ2n) is 9.36. The predicted molar refractivity (Wildman–Crippen MR) is 136 cm³/mol. The fraction of sp³-hybridized carbons (Fsp3) is 0.385. The van der Waals surface area contributed by atoms with Crippen molar-refractivity contribution in [1.29, 1.82) is 0 Å². The van der Waals surface area contributed by atoms with Crippen LogP contribution >= 0.6 is 35.6 Å². The smallest absolute Gasteiger partial charge is 0.131 e.